The molecule has 0 bridgehead atoms. The minimum atomic E-state index is -0.399. The fourth-order valence-corrected chi connectivity index (χ4v) is 3.75. The minimum absolute atomic E-state index is 0.0685. The standard InChI is InChI=1S/C18H23ClN2O3/c1-12-5-7-20(8-6-12)16-4-3-14(10-15(16)19)21-11-13(9-17(21)22)18(23)24-2/h3-4,10,12-13H,5-9,11H2,1-2H3/t13-/m0/s1. The van der Waals surface area contributed by atoms with E-state index in [4.69, 9.17) is 16.3 Å². The molecule has 0 N–H and O–H groups in total. The molecule has 1 aromatic carbocycles. The highest BCUT2D eigenvalue weighted by Crippen LogP contribution is 2.35. The Morgan fingerprint density at radius 3 is 2.62 bits per heavy atom. The van der Waals surface area contributed by atoms with Crippen molar-refractivity contribution in [3.8, 4) is 0 Å². The number of amides is 1. The van der Waals surface area contributed by atoms with Crippen LogP contribution < -0.4 is 9.80 Å². The van der Waals surface area contributed by atoms with Gasteiger partial charge >= 0.3 is 5.97 Å². The number of esters is 1. The van der Waals surface area contributed by atoms with Gasteiger partial charge in [-0.25, -0.2) is 0 Å². The first-order valence-corrected chi connectivity index (χ1v) is 8.80. The molecular formula is C18H23ClN2O3. The molecule has 0 saturated carbocycles. The van der Waals surface area contributed by atoms with Crippen LogP contribution in [0.25, 0.3) is 0 Å². The number of anilines is 2. The molecule has 5 nitrogen and oxygen atoms in total. The van der Waals surface area contributed by atoms with Gasteiger partial charge in [-0.15, -0.1) is 0 Å². The van der Waals surface area contributed by atoms with Crippen molar-refractivity contribution >= 4 is 34.9 Å². The van der Waals surface area contributed by atoms with Gasteiger partial charge in [-0.3, -0.25) is 9.59 Å². The van der Waals surface area contributed by atoms with Crippen LogP contribution in [0.2, 0.25) is 5.02 Å². The van der Waals surface area contributed by atoms with Gasteiger partial charge in [0.25, 0.3) is 0 Å². The van der Waals surface area contributed by atoms with Gasteiger partial charge in [0.1, 0.15) is 0 Å². The van der Waals surface area contributed by atoms with Gasteiger partial charge in [-0.1, -0.05) is 18.5 Å². The van der Waals surface area contributed by atoms with E-state index in [0.717, 1.165) is 30.4 Å². The Bertz CT molecular complexity index is 641. The van der Waals surface area contributed by atoms with Gasteiger partial charge < -0.3 is 14.5 Å². The van der Waals surface area contributed by atoms with Crippen LogP contribution in [0.1, 0.15) is 26.2 Å². The third-order valence-electron chi connectivity index (χ3n) is 5.03. The largest absolute Gasteiger partial charge is 0.469 e. The van der Waals surface area contributed by atoms with Crippen molar-refractivity contribution in [2.75, 3.05) is 36.5 Å². The van der Waals surface area contributed by atoms with Crippen LogP contribution in [-0.2, 0) is 14.3 Å². The second-order valence-electron chi connectivity index (χ2n) is 6.73. The highest BCUT2D eigenvalue weighted by atomic mass is 35.5. The molecular weight excluding hydrogens is 328 g/mol. The number of hydrogen-bond acceptors (Lipinski definition) is 4. The van der Waals surface area contributed by atoms with Crippen molar-refractivity contribution in [1.82, 2.24) is 0 Å². The van der Waals surface area contributed by atoms with Gasteiger partial charge in [-0.2, -0.15) is 0 Å². The summed E-state index contributed by atoms with van der Waals surface area (Å²) in [4.78, 5) is 27.8. The number of hydrogen-bond donors (Lipinski definition) is 0. The maximum absolute atomic E-state index is 12.2. The third-order valence-corrected chi connectivity index (χ3v) is 5.33. The second-order valence-corrected chi connectivity index (χ2v) is 7.14. The quantitative estimate of drug-likeness (QED) is 0.786. The first-order chi connectivity index (χ1) is 11.5. The van der Waals surface area contributed by atoms with Crippen molar-refractivity contribution in [2.24, 2.45) is 11.8 Å². The van der Waals surface area contributed by atoms with E-state index >= 15 is 0 Å². The highest BCUT2D eigenvalue weighted by molar-refractivity contribution is 6.33. The van der Waals surface area contributed by atoms with Crippen molar-refractivity contribution < 1.29 is 14.3 Å². The smallest absolute Gasteiger partial charge is 0.311 e. The normalized spacial score (nSPS) is 22.1. The van der Waals surface area contributed by atoms with Crippen LogP contribution in [0.5, 0.6) is 0 Å². The molecule has 0 spiro atoms. The van der Waals surface area contributed by atoms with Gasteiger partial charge in [-0.05, 0) is 37.0 Å². The summed E-state index contributed by atoms with van der Waals surface area (Å²) in [6.07, 6.45) is 2.53. The number of carbonyl (C=O) groups is 2. The molecule has 1 amide bonds. The molecule has 0 aliphatic carbocycles. The predicted molar refractivity (Wildman–Crippen MR) is 94.5 cm³/mol. The zero-order chi connectivity index (χ0) is 17.3. The van der Waals surface area contributed by atoms with E-state index < -0.39 is 5.92 Å². The molecule has 24 heavy (non-hydrogen) atoms. The van der Waals surface area contributed by atoms with Gasteiger partial charge in [0.2, 0.25) is 5.91 Å². The SMILES string of the molecule is COC(=O)[C@H]1CC(=O)N(c2ccc(N3CCC(C)CC3)c(Cl)c2)C1. The average Bonchev–Trinajstić information content (AvgIpc) is 2.97. The molecule has 130 valence electrons. The maximum Gasteiger partial charge on any atom is 0.311 e. The lowest BCUT2D eigenvalue weighted by molar-refractivity contribution is -0.145. The number of carbonyl (C=O) groups excluding carboxylic acids is 2. The van der Waals surface area contributed by atoms with Gasteiger partial charge in [0, 0.05) is 31.7 Å². The van der Waals surface area contributed by atoms with Crippen LogP contribution >= 0.6 is 11.6 Å². The Labute approximate surface area is 147 Å². The number of methoxy groups -OCH3 is 1. The number of halogens is 1. The van der Waals surface area contributed by atoms with Crippen LogP contribution in [-0.4, -0.2) is 38.6 Å². The molecule has 1 aromatic rings. The van der Waals surface area contributed by atoms with E-state index in [1.165, 1.54) is 20.0 Å². The molecule has 2 aliphatic heterocycles. The molecule has 2 fully saturated rings. The summed E-state index contributed by atoms with van der Waals surface area (Å²) < 4.78 is 4.75. The van der Waals surface area contributed by atoms with Crippen LogP contribution in [0.3, 0.4) is 0 Å². The monoisotopic (exact) mass is 350 g/mol. The Morgan fingerprint density at radius 2 is 2.00 bits per heavy atom. The number of piperidine rings is 1. The number of rotatable bonds is 3. The third kappa shape index (κ3) is 3.36. The van der Waals surface area contributed by atoms with Crippen molar-refractivity contribution in [3.63, 3.8) is 0 Å². The van der Waals surface area contributed by atoms with Crippen molar-refractivity contribution in [1.29, 1.82) is 0 Å². The van der Waals surface area contributed by atoms with Crippen molar-refractivity contribution in [3.05, 3.63) is 23.2 Å². The lowest BCUT2D eigenvalue weighted by Crippen LogP contribution is -2.33. The van der Waals surface area contributed by atoms with Crippen LogP contribution in [0.15, 0.2) is 18.2 Å². The Kier molecular flexibility index (Phi) is 4.99. The lowest BCUT2D eigenvalue weighted by atomic mass is 9.99. The topological polar surface area (TPSA) is 49.9 Å². The first kappa shape index (κ1) is 17.1. The molecule has 0 aromatic heterocycles. The Balaban J connectivity index is 1.75. The highest BCUT2D eigenvalue weighted by Gasteiger charge is 2.36. The van der Waals surface area contributed by atoms with Crippen LogP contribution in [0.4, 0.5) is 11.4 Å². The molecule has 2 saturated heterocycles. The Hall–Kier alpha value is -1.75. The van der Waals surface area contributed by atoms with E-state index in [1.807, 2.05) is 18.2 Å². The molecule has 0 radical (unpaired) electrons. The fourth-order valence-electron chi connectivity index (χ4n) is 3.45. The van der Waals surface area contributed by atoms with E-state index in [2.05, 4.69) is 11.8 Å². The van der Waals surface area contributed by atoms with Gasteiger partial charge in [0.05, 0.1) is 23.7 Å². The minimum Gasteiger partial charge on any atom is -0.469 e. The van der Waals surface area contributed by atoms with Crippen LogP contribution in [0, 0.1) is 11.8 Å². The molecule has 3 rings (SSSR count). The molecule has 0 unspecified atom stereocenters. The zero-order valence-corrected chi connectivity index (χ0v) is 14.9. The summed E-state index contributed by atoms with van der Waals surface area (Å²) in [6.45, 7) is 4.64. The summed E-state index contributed by atoms with van der Waals surface area (Å²) in [5, 5.41) is 0.649. The average molecular weight is 351 g/mol. The maximum atomic E-state index is 12.2. The van der Waals surface area contributed by atoms with Crippen molar-refractivity contribution in [2.45, 2.75) is 26.2 Å². The van der Waals surface area contributed by atoms with E-state index in [-0.39, 0.29) is 18.3 Å². The lowest BCUT2D eigenvalue weighted by Gasteiger charge is -2.33. The van der Waals surface area contributed by atoms with E-state index in [9.17, 15) is 9.59 Å². The summed E-state index contributed by atoms with van der Waals surface area (Å²) in [5.41, 5.74) is 1.76. The molecule has 1 atom stereocenters. The summed E-state index contributed by atoms with van der Waals surface area (Å²) in [7, 11) is 1.35. The summed E-state index contributed by atoms with van der Waals surface area (Å²) in [5.74, 6) is -0.0432. The number of nitrogens with zero attached hydrogens (tertiary/aromatic N) is 2. The first-order valence-electron chi connectivity index (χ1n) is 8.42. The number of ether oxygens (including phenoxy) is 1. The van der Waals surface area contributed by atoms with Gasteiger partial charge in [0.15, 0.2) is 0 Å². The van der Waals surface area contributed by atoms with E-state index in [0.29, 0.717) is 11.6 Å². The summed E-state index contributed by atoms with van der Waals surface area (Å²) >= 11 is 6.48. The number of benzene rings is 1. The summed E-state index contributed by atoms with van der Waals surface area (Å²) in [6, 6.07) is 5.72. The Morgan fingerprint density at radius 1 is 1.29 bits per heavy atom. The fraction of sp³-hybridized carbons (Fsp3) is 0.556. The second kappa shape index (κ2) is 7.01. The molecule has 6 heteroatoms. The molecule has 2 aliphatic rings. The molecule has 2 heterocycles. The zero-order valence-electron chi connectivity index (χ0n) is 14.1. The predicted octanol–water partition coefficient (Wildman–Crippen LogP) is 3.10. The van der Waals surface area contributed by atoms with E-state index in [1.54, 1.807) is 4.90 Å².